The van der Waals surface area contributed by atoms with E-state index in [1.165, 1.54) is 22.5 Å². The third-order valence-electron chi connectivity index (χ3n) is 5.24. The Morgan fingerprint density at radius 1 is 1.15 bits per heavy atom. The third-order valence-corrected chi connectivity index (χ3v) is 6.17. The minimum atomic E-state index is 0.0446. The van der Waals surface area contributed by atoms with Gasteiger partial charge in [0.05, 0.1) is 0 Å². The Balaban J connectivity index is 1.59. The van der Waals surface area contributed by atoms with Crippen LogP contribution in [0.2, 0.25) is 0 Å². The van der Waals surface area contributed by atoms with Crippen LogP contribution in [0.15, 0.2) is 29.6 Å². The van der Waals surface area contributed by atoms with E-state index < -0.39 is 0 Å². The Bertz CT molecular complexity index is 800. The van der Waals surface area contributed by atoms with Crippen LogP contribution in [0, 0.1) is 6.92 Å². The summed E-state index contributed by atoms with van der Waals surface area (Å²) in [7, 11) is 4.17. The molecule has 0 N–H and O–H groups in total. The quantitative estimate of drug-likeness (QED) is 0.831. The van der Waals surface area contributed by atoms with Crippen molar-refractivity contribution in [2.45, 2.75) is 18.9 Å². The number of fused-ring (bicyclic) bond motifs is 1. The van der Waals surface area contributed by atoms with Gasteiger partial charge in [-0.15, -0.1) is 11.3 Å². The van der Waals surface area contributed by atoms with Crippen molar-refractivity contribution in [1.82, 2.24) is 9.80 Å². The summed E-state index contributed by atoms with van der Waals surface area (Å²) in [4.78, 5) is 18.0. The van der Waals surface area contributed by atoms with Crippen LogP contribution in [0.1, 0.15) is 26.7 Å². The van der Waals surface area contributed by atoms with E-state index in [-0.39, 0.29) is 5.91 Å². The van der Waals surface area contributed by atoms with Gasteiger partial charge in [0, 0.05) is 30.4 Å². The van der Waals surface area contributed by atoms with Gasteiger partial charge in [0.2, 0.25) is 0 Å². The van der Waals surface area contributed by atoms with Crippen LogP contribution in [0.3, 0.4) is 0 Å². The van der Waals surface area contributed by atoms with Crippen LogP contribution in [0.5, 0.6) is 11.5 Å². The van der Waals surface area contributed by atoms with E-state index in [2.05, 4.69) is 50.2 Å². The number of ether oxygens (including phenoxy) is 2. The number of likely N-dealkylation sites (tertiary alicyclic amines) is 1. The normalized spacial score (nSPS) is 22.1. The maximum atomic E-state index is 13.2. The van der Waals surface area contributed by atoms with Gasteiger partial charge >= 0.3 is 0 Å². The fourth-order valence-electron chi connectivity index (χ4n) is 3.77. The van der Waals surface area contributed by atoms with Gasteiger partial charge < -0.3 is 19.3 Å². The van der Waals surface area contributed by atoms with Crippen molar-refractivity contribution in [2.24, 2.45) is 0 Å². The average molecular weight is 372 g/mol. The molecule has 1 saturated heterocycles. The van der Waals surface area contributed by atoms with Crippen molar-refractivity contribution in [3.63, 3.8) is 0 Å². The highest BCUT2D eigenvalue weighted by Gasteiger charge is 2.39. The third kappa shape index (κ3) is 3.08. The second-order valence-corrected chi connectivity index (χ2v) is 8.09. The molecule has 138 valence electrons. The van der Waals surface area contributed by atoms with E-state index in [1.54, 1.807) is 0 Å². The number of rotatable bonds is 3. The topological polar surface area (TPSA) is 42.0 Å². The standard InChI is InChI=1S/C20H24N2O3S/c1-13-4-6-14(7-5-13)15-10-22(11-16(15)21(2)3)20(23)19-18-17(12-26-19)24-8-9-25-18/h4-7,12,15-16H,8-11H2,1-3H3/t15-,16+/m1/s1. The Morgan fingerprint density at radius 3 is 2.62 bits per heavy atom. The first-order valence-electron chi connectivity index (χ1n) is 8.94. The van der Waals surface area contributed by atoms with Gasteiger partial charge in [-0.2, -0.15) is 0 Å². The molecule has 1 aromatic heterocycles. The summed E-state index contributed by atoms with van der Waals surface area (Å²) in [6.07, 6.45) is 0. The molecule has 0 aliphatic carbocycles. The van der Waals surface area contributed by atoms with Gasteiger partial charge in [-0.05, 0) is 26.6 Å². The van der Waals surface area contributed by atoms with Crippen LogP contribution < -0.4 is 9.47 Å². The predicted molar refractivity (Wildman–Crippen MR) is 103 cm³/mol. The predicted octanol–water partition coefficient (Wildman–Crippen LogP) is 3.00. The van der Waals surface area contributed by atoms with E-state index in [4.69, 9.17) is 9.47 Å². The summed E-state index contributed by atoms with van der Waals surface area (Å²) < 4.78 is 11.3. The number of amides is 1. The van der Waals surface area contributed by atoms with Crippen LogP contribution in [-0.2, 0) is 0 Å². The molecule has 0 radical (unpaired) electrons. The maximum absolute atomic E-state index is 13.2. The monoisotopic (exact) mass is 372 g/mol. The molecule has 1 amide bonds. The van der Waals surface area contributed by atoms with Crippen LogP contribution >= 0.6 is 11.3 Å². The van der Waals surface area contributed by atoms with Crippen molar-refractivity contribution >= 4 is 17.2 Å². The van der Waals surface area contributed by atoms with Gasteiger partial charge in [0.15, 0.2) is 11.5 Å². The van der Waals surface area contributed by atoms with E-state index in [0.29, 0.717) is 41.5 Å². The number of carbonyl (C=O) groups is 1. The summed E-state index contributed by atoms with van der Waals surface area (Å²) in [6, 6.07) is 8.97. The smallest absolute Gasteiger partial charge is 0.267 e. The number of nitrogens with zero attached hydrogens (tertiary/aromatic N) is 2. The summed E-state index contributed by atoms with van der Waals surface area (Å²) in [5.41, 5.74) is 2.54. The van der Waals surface area contributed by atoms with Crippen molar-refractivity contribution in [1.29, 1.82) is 0 Å². The molecule has 0 spiro atoms. The zero-order chi connectivity index (χ0) is 18.3. The highest BCUT2D eigenvalue weighted by atomic mass is 32.1. The van der Waals surface area contributed by atoms with Crippen molar-refractivity contribution < 1.29 is 14.3 Å². The van der Waals surface area contributed by atoms with Crippen molar-refractivity contribution in [3.05, 3.63) is 45.6 Å². The molecule has 0 saturated carbocycles. The Kier molecular flexibility index (Phi) is 4.63. The van der Waals surface area contributed by atoms with E-state index >= 15 is 0 Å². The number of aryl methyl sites for hydroxylation is 1. The van der Waals surface area contributed by atoms with E-state index in [0.717, 1.165) is 13.1 Å². The summed E-state index contributed by atoms with van der Waals surface area (Å²) in [5, 5.41) is 1.87. The molecule has 26 heavy (non-hydrogen) atoms. The first-order valence-corrected chi connectivity index (χ1v) is 9.82. The minimum Gasteiger partial charge on any atom is -0.485 e. The summed E-state index contributed by atoms with van der Waals surface area (Å²) in [6.45, 7) is 4.57. The number of hydrogen-bond acceptors (Lipinski definition) is 5. The van der Waals surface area contributed by atoms with Crippen molar-refractivity contribution in [3.8, 4) is 11.5 Å². The van der Waals surface area contributed by atoms with Crippen LogP contribution in [0.4, 0.5) is 0 Å². The number of benzene rings is 1. The lowest BCUT2D eigenvalue weighted by Gasteiger charge is -2.25. The molecule has 3 heterocycles. The van der Waals surface area contributed by atoms with Crippen molar-refractivity contribution in [2.75, 3.05) is 40.4 Å². The number of carbonyl (C=O) groups excluding carboxylic acids is 1. The van der Waals surface area contributed by atoms with Gasteiger partial charge in [0.1, 0.15) is 18.1 Å². The first-order chi connectivity index (χ1) is 12.5. The Morgan fingerprint density at radius 2 is 1.88 bits per heavy atom. The minimum absolute atomic E-state index is 0.0446. The fraction of sp³-hybridized carbons (Fsp3) is 0.450. The van der Waals surface area contributed by atoms with Gasteiger partial charge in [0.25, 0.3) is 5.91 Å². The average Bonchev–Trinajstić information content (AvgIpc) is 3.26. The maximum Gasteiger partial charge on any atom is 0.267 e. The SMILES string of the molecule is Cc1ccc([C@H]2CN(C(=O)c3scc4c3OCCO4)C[C@@H]2N(C)C)cc1. The molecular weight excluding hydrogens is 348 g/mol. The largest absolute Gasteiger partial charge is 0.485 e. The van der Waals surface area contributed by atoms with Gasteiger partial charge in [-0.3, -0.25) is 4.79 Å². The van der Waals surface area contributed by atoms with E-state index in [1.807, 2.05) is 10.3 Å². The van der Waals surface area contributed by atoms with Crippen LogP contribution in [-0.4, -0.2) is 62.1 Å². The lowest BCUT2D eigenvalue weighted by Crippen LogP contribution is -2.35. The molecule has 6 heteroatoms. The fourth-order valence-corrected chi connectivity index (χ4v) is 4.67. The zero-order valence-electron chi connectivity index (χ0n) is 15.4. The lowest BCUT2D eigenvalue weighted by atomic mass is 9.93. The number of likely N-dealkylation sites (N-methyl/N-ethyl adjacent to an activating group) is 1. The first kappa shape index (κ1) is 17.4. The second-order valence-electron chi connectivity index (χ2n) is 7.21. The second kappa shape index (κ2) is 6.93. The lowest BCUT2D eigenvalue weighted by molar-refractivity contribution is 0.0778. The molecule has 2 atom stereocenters. The molecule has 2 aromatic rings. The molecule has 4 rings (SSSR count). The molecule has 1 fully saturated rings. The molecule has 2 aliphatic heterocycles. The molecular formula is C20H24N2O3S. The summed E-state index contributed by atoms with van der Waals surface area (Å²) >= 11 is 1.41. The Labute approximate surface area is 158 Å². The molecule has 5 nitrogen and oxygen atoms in total. The number of hydrogen-bond donors (Lipinski definition) is 0. The summed E-state index contributed by atoms with van der Waals surface area (Å²) in [5.74, 6) is 1.67. The molecule has 2 aliphatic rings. The van der Waals surface area contributed by atoms with E-state index in [9.17, 15) is 4.79 Å². The highest BCUT2D eigenvalue weighted by molar-refractivity contribution is 7.12. The molecule has 0 unspecified atom stereocenters. The van der Waals surface area contributed by atoms with Crippen LogP contribution in [0.25, 0.3) is 0 Å². The number of thiophene rings is 1. The zero-order valence-corrected chi connectivity index (χ0v) is 16.2. The molecule has 1 aromatic carbocycles. The van der Waals surface area contributed by atoms with Gasteiger partial charge in [-0.25, -0.2) is 0 Å². The Hall–Kier alpha value is -2.05. The van der Waals surface area contributed by atoms with Gasteiger partial charge in [-0.1, -0.05) is 29.8 Å². The molecule has 0 bridgehead atoms. The highest BCUT2D eigenvalue weighted by Crippen LogP contribution is 2.41.